The van der Waals surface area contributed by atoms with Gasteiger partial charge in [-0.1, -0.05) is 48.5 Å². The quantitative estimate of drug-likeness (QED) is 0.105. The van der Waals surface area contributed by atoms with Crippen LogP contribution in [-0.4, -0.2) is 50.9 Å². The van der Waals surface area contributed by atoms with Crippen LogP contribution in [0.2, 0.25) is 0 Å². The zero-order valence-corrected chi connectivity index (χ0v) is 35.0. The molecule has 18 heteroatoms. The van der Waals surface area contributed by atoms with Gasteiger partial charge in [-0.2, -0.15) is 18.4 Å². The number of alkyl halides is 3. The van der Waals surface area contributed by atoms with Gasteiger partial charge in [-0.15, -0.1) is 21.5 Å². The molecule has 0 aliphatic carbocycles. The van der Waals surface area contributed by atoms with Crippen LogP contribution < -0.4 is 10.0 Å². The summed E-state index contributed by atoms with van der Waals surface area (Å²) in [5, 5.41) is 31.6. The largest absolute Gasteiger partial charge is 0.481 e. The summed E-state index contributed by atoms with van der Waals surface area (Å²) in [5.41, 5.74) is 4.08. The van der Waals surface area contributed by atoms with Gasteiger partial charge < -0.3 is 15.4 Å². The molecule has 1 atom stereocenters. The number of carbonyl (C=O) groups excluding carboxylic acids is 1. The van der Waals surface area contributed by atoms with Crippen LogP contribution >= 0.6 is 11.3 Å². The summed E-state index contributed by atoms with van der Waals surface area (Å²) < 4.78 is 74.6. The van der Waals surface area contributed by atoms with E-state index in [1.165, 1.54) is 47.9 Å². The molecule has 0 fully saturated rings. The van der Waals surface area contributed by atoms with Gasteiger partial charge in [0.05, 0.1) is 44.9 Å². The van der Waals surface area contributed by atoms with Crippen molar-refractivity contribution in [1.82, 2.24) is 25.1 Å². The molecule has 0 radical (unpaired) electrons. The predicted octanol–water partition coefficient (Wildman–Crippen LogP) is 8.70. The van der Waals surface area contributed by atoms with Crippen LogP contribution in [0.5, 0.6) is 0 Å². The minimum Gasteiger partial charge on any atom is -0.481 e. The Morgan fingerprint density at radius 3 is 2.32 bits per heavy atom. The van der Waals surface area contributed by atoms with E-state index in [4.69, 9.17) is 4.99 Å². The average Bonchev–Trinajstić information content (AvgIpc) is 3.91. The number of anilines is 1. The highest BCUT2D eigenvalue weighted by molar-refractivity contribution is 7.92. The first-order chi connectivity index (χ1) is 29.4. The Bertz CT molecular complexity index is 3140. The van der Waals surface area contributed by atoms with Crippen LogP contribution in [0.15, 0.2) is 94.9 Å². The number of halogens is 3. The zero-order chi connectivity index (χ0) is 44.2. The van der Waals surface area contributed by atoms with Crippen molar-refractivity contribution < 1.29 is 36.3 Å². The van der Waals surface area contributed by atoms with Crippen molar-refractivity contribution in [3.63, 3.8) is 0 Å². The van der Waals surface area contributed by atoms with Gasteiger partial charge in [-0.05, 0) is 85.8 Å². The minimum absolute atomic E-state index is 0.0947. The molecular weight excluding hydrogens is 842 g/mol. The zero-order valence-electron chi connectivity index (χ0n) is 33.3. The Balaban J connectivity index is 1.01. The number of aliphatic carboxylic acids is 1. The number of carboxylic acids is 1. The lowest BCUT2D eigenvalue weighted by Crippen LogP contribution is -2.26. The normalized spacial score (nSPS) is 13.8. The van der Waals surface area contributed by atoms with E-state index < -0.39 is 45.2 Å². The number of benzene rings is 4. The third-order valence-corrected chi connectivity index (χ3v) is 13.3. The van der Waals surface area contributed by atoms with Gasteiger partial charge in [-0.25, -0.2) is 8.42 Å². The molecule has 4 N–H and O–H groups in total. The number of thiophene rings is 1. The van der Waals surface area contributed by atoms with E-state index in [1.54, 1.807) is 43.3 Å². The monoisotopic (exact) mass is 876 g/mol. The third kappa shape index (κ3) is 7.60. The number of carboxylic acid groups (broad SMARTS) is 1. The molecule has 0 saturated carbocycles. The molecule has 4 heterocycles. The highest BCUT2D eigenvalue weighted by Crippen LogP contribution is 2.40. The van der Waals surface area contributed by atoms with Crippen LogP contribution in [0.25, 0.3) is 27.0 Å². The number of fused-ring (bicyclic) bond motifs is 4. The van der Waals surface area contributed by atoms with Crippen molar-refractivity contribution in [2.45, 2.75) is 57.8 Å². The molecule has 1 aliphatic heterocycles. The molecular formula is C44H35F3N8O5S2. The summed E-state index contributed by atoms with van der Waals surface area (Å²) in [6.45, 7) is 7.32. The number of hydrogen-bond acceptors (Lipinski definition) is 9. The fourth-order valence-electron chi connectivity index (χ4n) is 7.53. The van der Waals surface area contributed by atoms with E-state index >= 15 is 0 Å². The fourth-order valence-corrected chi connectivity index (χ4v) is 9.81. The van der Waals surface area contributed by atoms with E-state index in [0.29, 0.717) is 50.5 Å². The Labute approximate surface area is 356 Å². The van der Waals surface area contributed by atoms with Crippen LogP contribution in [0.1, 0.15) is 78.3 Å². The number of H-pyrrole nitrogens is 1. The SMILES string of the molecule is Cc1sc2c(c1C)C(c1ccc(-c3ccc(C(=O)NCc4ccc(S(=O)(=O)Nc5ccc(C)c6c(C#N)c[nH]c56)cc4)c(C(F)(F)F)c3)cc1)=N[C@@H](CC(=O)O)c1nnc(C)n1-2. The second-order valence-electron chi connectivity index (χ2n) is 14.8. The van der Waals surface area contributed by atoms with Crippen LogP contribution in [-0.2, 0) is 27.5 Å². The van der Waals surface area contributed by atoms with Crippen molar-refractivity contribution in [2.75, 3.05) is 4.72 Å². The van der Waals surface area contributed by atoms with E-state index in [9.17, 15) is 41.5 Å². The number of rotatable bonds is 10. The smallest absolute Gasteiger partial charge is 0.417 e. The third-order valence-electron chi connectivity index (χ3n) is 10.8. The lowest BCUT2D eigenvalue weighted by molar-refractivity contribution is -0.138. The summed E-state index contributed by atoms with van der Waals surface area (Å²) in [6, 6.07) is 20.2. The number of nitrogens with one attached hydrogen (secondary N) is 3. The Hall–Kier alpha value is -7.10. The van der Waals surface area contributed by atoms with Gasteiger partial charge in [0.25, 0.3) is 15.9 Å². The first-order valence-corrected chi connectivity index (χ1v) is 21.3. The highest BCUT2D eigenvalue weighted by Gasteiger charge is 2.36. The van der Waals surface area contributed by atoms with Crippen molar-refractivity contribution >= 4 is 55.5 Å². The number of aromatic nitrogens is 4. The molecule has 62 heavy (non-hydrogen) atoms. The highest BCUT2D eigenvalue weighted by atomic mass is 32.2. The second-order valence-corrected chi connectivity index (χ2v) is 17.6. The Morgan fingerprint density at radius 1 is 0.952 bits per heavy atom. The van der Waals surface area contributed by atoms with Gasteiger partial charge in [-0.3, -0.25) is 23.9 Å². The van der Waals surface area contributed by atoms with E-state index in [1.807, 2.05) is 25.3 Å². The molecule has 4 aromatic carbocycles. The number of aliphatic imine (C=N–C) groups is 1. The van der Waals surface area contributed by atoms with Crippen molar-refractivity contribution in [3.8, 4) is 22.2 Å². The number of nitrogens with zero attached hydrogens (tertiary/aromatic N) is 5. The molecule has 0 bridgehead atoms. The molecule has 7 aromatic rings. The van der Waals surface area contributed by atoms with Crippen LogP contribution in [0.4, 0.5) is 18.9 Å². The summed E-state index contributed by atoms with van der Waals surface area (Å²) in [7, 11) is -4.09. The van der Waals surface area contributed by atoms with Gasteiger partial charge in [0, 0.05) is 34.1 Å². The summed E-state index contributed by atoms with van der Waals surface area (Å²) >= 11 is 1.51. The minimum atomic E-state index is -4.89. The van der Waals surface area contributed by atoms with Crippen LogP contribution in [0, 0.1) is 39.0 Å². The topological polar surface area (TPSA) is 195 Å². The first kappa shape index (κ1) is 41.6. The number of hydrogen-bond donors (Lipinski definition) is 4. The molecule has 0 saturated heterocycles. The predicted molar refractivity (Wildman–Crippen MR) is 227 cm³/mol. The van der Waals surface area contributed by atoms with Gasteiger partial charge in [0.15, 0.2) is 5.82 Å². The maximum absolute atomic E-state index is 14.5. The summed E-state index contributed by atoms with van der Waals surface area (Å²) in [4.78, 5) is 34.0. The van der Waals surface area contributed by atoms with Crippen LogP contribution in [0.3, 0.4) is 0 Å². The first-order valence-electron chi connectivity index (χ1n) is 19.0. The summed E-state index contributed by atoms with van der Waals surface area (Å²) in [6.07, 6.45) is -3.72. The molecule has 0 unspecified atom stereocenters. The number of amides is 1. The lowest BCUT2D eigenvalue weighted by Gasteiger charge is -2.16. The molecule has 314 valence electrons. The Morgan fingerprint density at radius 2 is 1.65 bits per heavy atom. The van der Waals surface area contributed by atoms with Gasteiger partial charge >= 0.3 is 12.1 Å². The molecule has 1 amide bonds. The fraction of sp³-hybridized carbons (Fsp3) is 0.182. The van der Waals surface area contributed by atoms with E-state index in [2.05, 4.69) is 31.3 Å². The standard InChI is InChI=1S/C44H35F3N8O5S2/c1-22-5-16-34(40-37(22)30(19-48)21-49-40)54-62(59,60)31-13-6-26(7-14-31)20-50-42(58)32-15-12-29(17-33(32)44(45,46)47)27-8-10-28(11-9-27)39-38-23(2)24(3)61-43(38)55-25(4)52-53-41(55)35(51-39)18-36(56)57/h5-17,21,35,49,54H,18,20H2,1-4H3,(H,50,58)(H,56,57)/t35-/m0/s1. The van der Waals surface area contributed by atoms with Crippen molar-refractivity contribution in [1.29, 1.82) is 5.26 Å². The molecule has 1 aliphatic rings. The molecule has 0 spiro atoms. The molecule has 3 aromatic heterocycles. The van der Waals surface area contributed by atoms with Gasteiger partial charge in [0.2, 0.25) is 0 Å². The number of carbonyl (C=O) groups is 2. The Kier molecular flexibility index (Phi) is 10.6. The number of nitriles is 1. The molecule has 8 rings (SSSR count). The maximum atomic E-state index is 14.5. The number of aryl methyl sites for hydroxylation is 3. The summed E-state index contributed by atoms with van der Waals surface area (Å²) in [5.74, 6) is -1.07. The average molecular weight is 877 g/mol. The lowest BCUT2D eigenvalue weighted by atomic mass is 9.95. The molecule has 13 nitrogen and oxygen atoms in total. The maximum Gasteiger partial charge on any atom is 0.417 e. The van der Waals surface area contributed by atoms with Crippen molar-refractivity contribution in [3.05, 3.63) is 146 Å². The van der Waals surface area contributed by atoms with E-state index in [-0.39, 0.29) is 29.1 Å². The number of aromatic amines is 1. The van der Waals surface area contributed by atoms with Gasteiger partial charge in [0.1, 0.15) is 22.9 Å². The van der Waals surface area contributed by atoms with E-state index in [0.717, 1.165) is 38.7 Å². The van der Waals surface area contributed by atoms with Crippen molar-refractivity contribution in [2.24, 2.45) is 4.99 Å². The number of sulfonamides is 1. The second kappa shape index (κ2) is 15.7.